The van der Waals surface area contributed by atoms with Crippen molar-refractivity contribution in [3.63, 3.8) is 0 Å². The molecule has 0 rings (SSSR count). The van der Waals surface area contributed by atoms with Crippen LogP contribution in [0.4, 0.5) is 4.79 Å². The molecule has 4 amide bonds. The van der Waals surface area contributed by atoms with Gasteiger partial charge in [0.05, 0.1) is 0 Å². The minimum atomic E-state index is -0.609. The van der Waals surface area contributed by atoms with Crippen LogP contribution in [0.15, 0.2) is 0 Å². The molecule has 0 radical (unpaired) electrons. The highest BCUT2D eigenvalue weighted by Crippen LogP contribution is 2.15. The molecule has 6 nitrogen and oxygen atoms in total. The molecule has 0 aromatic rings. The van der Waals surface area contributed by atoms with E-state index < -0.39 is 12.1 Å². The largest absolute Gasteiger partial charge is 0.341 e. The second-order valence-corrected chi connectivity index (χ2v) is 6.53. The Labute approximate surface area is 134 Å². The molecule has 0 aliphatic heterocycles. The first-order valence-electron chi connectivity index (χ1n) is 7.86. The fourth-order valence-corrected chi connectivity index (χ4v) is 2.12. The number of hydrogen-bond acceptors (Lipinski definition) is 3. The highest BCUT2D eigenvalue weighted by Gasteiger charge is 2.31. The van der Waals surface area contributed by atoms with Gasteiger partial charge in [-0.25, -0.2) is 4.79 Å². The van der Waals surface area contributed by atoms with Crippen molar-refractivity contribution in [1.82, 2.24) is 15.1 Å². The summed E-state index contributed by atoms with van der Waals surface area (Å²) in [7, 11) is 4.55. The van der Waals surface area contributed by atoms with Crippen LogP contribution in [-0.4, -0.2) is 54.8 Å². The Balaban J connectivity index is 5.06. The summed E-state index contributed by atoms with van der Waals surface area (Å²) in [5.41, 5.74) is 0. The molecule has 0 saturated carbocycles. The van der Waals surface area contributed by atoms with Crippen LogP contribution in [0.2, 0.25) is 0 Å². The molecular formula is C16H31N3O3. The molecule has 6 heteroatoms. The monoisotopic (exact) mass is 313 g/mol. The number of rotatable bonds is 7. The maximum atomic E-state index is 12.5. The van der Waals surface area contributed by atoms with Gasteiger partial charge < -0.3 is 10.2 Å². The first-order chi connectivity index (χ1) is 10.1. The lowest BCUT2D eigenvalue weighted by atomic mass is 10.0. The molecule has 0 saturated heterocycles. The number of likely N-dealkylation sites (N-methyl/N-ethyl adjacent to an activating group) is 2. The van der Waals surface area contributed by atoms with Gasteiger partial charge in [0.1, 0.15) is 6.04 Å². The number of imide groups is 1. The second kappa shape index (κ2) is 9.43. The fourth-order valence-electron chi connectivity index (χ4n) is 2.12. The van der Waals surface area contributed by atoms with Gasteiger partial charge in [-0.2, -0.15) is 0 Å². The molecule has 128 valence electrons. The van der Waals surface area contributed by atoms with Crippen LogP contribution in [-0.2, 0) is 9.59 Å². The summed E-state index contributed by atoms with van der Waals surface area (Å²) in [6, 6.07) is -1.08. The number of urea groups is 1. The van der Waals surface area contributed by atoms with E-state index in [1.165, 1.54) is 19.0 Å². The SMILES string of the molecule is CNC(=O)N(C)C(=O)[C@H](CC(C)C)N(C)C(=O)CCC(C)C. The van der Waals surface area contributed by atoms with Crippen molar-refractivity contribution in [3.8, 4) is 0 Å². The van der Waals surface area contributed by atoms with E-state index in [1.54, 1.807) is 7.05 Å². The van der Waals surface area contributed by atoms with E-state index in [0.29, 0.717) is 18.8 Å². The zero-order valence-corrected chi connectivity index (χ0v) is 15.0. The Kier molecular flexibility index (Phi) is 8.75. The average Bonchev–Trinajstić information content (AvgIpc) is 2.46. The smallest absolute Gasteiger partial charge is 0.323 e. The number of amides is 4. The van der Waals surface area contributed by atoms with Crippen LogP contribution >= 0.6 is 0 Å². The van der Waals surface area contributed by atoms with Crippen LogP contribution in [0, 0.1) is 11.8 Å². The highest BCUT2D eigenvalue weighted by atomic mass is 16.2. The summed E-state index contributed by atoms with van der Waals surface area (Å²) >= 11 is 0. The summed E-state index contributed by atoms with van der Waals surface area (Å²) in [5, 5.41) is 2.42. The molecule has 0 heterocycles. The number of hydrogen-bond donors (Lipinski definition) is 1. The van der Waals surface area contributed by atoms with Gasteiger partial charge in [0, 0.05) is 27.6 Å². The van der Waals surface area contributed by atoms with E-state index in [2.05, 4.69) is 19.2 Å². The van der Waals surface area contributed by atoms with E-state index in [0.717, 1.165) is 11.3 Å². The van der Waals surface area contributed by atoms with Crippen molar-refractivity contribution in [2.45, 2.75) is 53.0 Å². The summed E-state index contributed by atoms with van der Waals surface area (Å²) < 4.78 is 0. The Morgan fingerprint density at radius 3 is 1.95 bits per heavy atom. The molecular weight excluding hydrogens is 282 g/mol. The summed E-state index contributed by atoms with van der Waals surface area (Å²) in [4.78, 5) is 39.0. The molecule has 1 N–H and O–H groups in total. The van der Waals surface area contributed by atoms with E-state index in [1.807, 2.05) is 13.8 Å². The quantitative estimate of drug-likeness (QED) is 0.782. The Morgan fingerprint density at radius 1 is 1.00 bits per heavy atom. The number of carbonyl (C=O) groups excluding carboxylic acids is 3. The fraction of sp³-hybridized carbons (Fsp3) is 0.812. The minimum Gasteiger partial charge on any atom is -0.341 e. The van der Waals surface area contributed by atoms with Gasteiger partial charge in [0.15, 0.2) is 0 Å². The highest BCUT2D eigenvalue weighted by molar-refractivity contribution is 5.98. The van der Waals surface area contributed by atoms with Gasteiger partial charge in [0.2, 0.25) is 5.91 Å². The maximum Gasteiger partial charge on any atom is 0.323 e. The van der Waals surface area contributed by atoms with Crippen LogP contribution < -0.4 is 5.32 Å². The van der Waals surface area contributed by atoms with Crippen molar-refractivity contribution in [1.29, 1.82) is 0 Å². The predicted octanol–water partition coefficient (Wildman–Crippen LogP) is 2.09. The van der Waals surface area contributed by atoms with Gasteiger partial charge in [0.25, 0.3) is 5.91 Å². The first kappa shape index (κ1) is 20.4. The molecule has 0 spiro atoms. The molecule has 1 atom stereocenters. The minimum absolute atomic E-state index is 0.0574. The predicted molar refractivity (Wildman–Crippen MR) is 87.3 cm³/mol. The standard InChI is InChI=1S/C16H31N3O3/c1-11(2)8-9-14(20)18(6)13(10-12(3)4)15(21)19(7)16(22)17-5/h11-13H,8-10H2,1-7H3,(H,17,22)/t13-/m0/s1. The third kappa shape index (κ3) is 6.45. The van der Waals surface area contributed by atoms with E-state index in [9.17, 15) is 14.4 Å². The second-order valence-electron chi connectivity index (χ2n) is 6.53. The normalized spacial score (nSPS) is 12.2. The third-order valence-electron chi connectivity index (χ3n) is 3.63. The Bertz CT molecular complexity index is 394. The van der Waals surface area contributed by atoms with Crippen molar-refractivity contribution in [3.05, 3.63) is 0 Å². The van der Waals surface area contributed by atoms with Crippen LogP contribution in [0.3, 0.4) is 0 Å². The van der Waals surface area contributed by atoms with Crippen LogP contribution in [0.25, 0.3) is 0 Å². The van der Waals surface area contributed by atoms with Gasteiger partial charge >= 0.3 is 6.03 Å². The van der Waals surface area contributed by atoms with Gasteiger partial charge in [-0.05, 0) is 24.7 Å². The van der Waals surface area contributed by atoms with E-state index in [-0.39, 0.29) is 17.7 Å². The zero-order chi connectivity index (χ0) is 17.4. The number of nitrogens with one attached hydrogen (secondary N) is 1. The van der Waals surface area contributed by atoms with Crippen molar-refractivity contribution in [2.24, 2.45) is 11.8 Å². The number of nitrogens with zero attached hydrogens (tertiary/aromatic N) is 2. The topological polar surface area (TPSA) is 69.7 Å². The molecule has 22 heavy (non-hydrogen) atoms. The van der Waals surface area contributed by atoms with Crippen molar-refractivity contribution >= 4 is 17.8 Å². The Hall–Kier alpha value is -1.59. The lowest BCUT2D eigenvalue weighted by Crippen LogP contribution is -2.52. The first-order valence-corrected chi connectivity index (χ1v) is 7.86. The molecule has 0 bridgehead atoms. The van der Waals surface area contributed by atoms with E-state index >= 15 is 0 Å². The summed E-state index contributed by atoms with van der Waals surface area (Å²) in [6.45, 7) is 8.10. The average molecular weight is 313 g/mol. The van der Waals surface area contributed by atoms with Crippen LogP contribution in [0.5, 0.6) is 0 Å². The number of carbonyl (C=O) groups is 3. The zero-order valence-electron chi connectivity index (χ0n) is 15.0. The summed E-state index contributed by atoms with van der Waals surface area (Å²) in [5.74, 6) is 0.268. The third-order valence-corrected chi connectivity index (χ3v) is 3.63. The van der Waals surface area contributed by atoms with Gasteiger partial charge in [-0.3, -0.25) is 14.5 Å². The van der Waals surface area contributed by atoms with Crippen molar-refractivity contribution in [2.75, 3.05) is 21.1 Å². The maximum absolute atomic E-state index is 12.5. The Morgan fingerprint density at radius 2 is 1.55 bits per heavy atom. The van der Waals surface area contributed by atoms with Gasteiger partial charge in [-0.1, -0.05) is 27.7 Å². The lowest BCUT2D eigenvalue weighted by molar-refractivity contribution is -0.143. The molecule has 0 aliphatic carbocycles. The summed E-state index contributed by atoms with van der Waals surface area (Å²) in [6.07, 6.45) is 1.74. The lowest BCUT2D eigenvalue weighted by Gasteiger charge is -2.31. The molecule has 0 aromatic heterocycles. The van der Waals surface area contributed by atoms with Crippen LogP contribution in [0.1, 0.15) is 47.0 Å². The molecule has 0 aromatic carbocycles. The van der Waals surface area contributed by atoms with Crippen molar-refractivity contribution < 1.29 is 14.4 Å². The molecule has 0 aliphatic rings. The van der Waals surface area contributed by atoms with E-state index in [4.69, 9.17) is 0 Å². The van der Waals surface area contributed by atoms with Gasteiger partial charge in [-0.15, -0.1) is 0 Å². The molecule has 0 unspecified atom stereocenters. The molecule has 0 fully saturated rings.